The molecule has 9 rings (SSSR count). The molecule has 3 N–H and O–H groups in total. The number of carbonyl (C=O) groups excluding carboxylic acids is 1. The van der Waals surface area contributed by atoms with E-state index in [1.165, 1.54) is 12.1 Å². The molecule has 4 heterocycles. The van der Waals surface area contributed by atoms with Gasteiger partial charge in [-0.15, -0.1) is 0 Å². The molecule has 0 radical (unpaired) electrons. The van der Waals surface area contributed by atoms with Gasteiger partial charge in [0.2, 0.25) is 0 Å². The van der Waals surface area contributed by atoms with E-state index in [-0.39, 0.29) is 22.9 Å². The predicted molar refractivity (Wildman–Crippen MR) is 262 cm³/mol. The predicted octanol–water partition coefficient (Wildman–Crippen LogP) is 8.18. The number of fused-ring (bicyclic) bond motifs is 1. The molecule has 356 valence electrons. The van der Waals surface area contributed by atoms with Crippen LogP contribution in [0.5, 0.6) is 17.2 Å². The van der Waals surface area contributed by atoms with Crippen molar-refractivity contribution >= 4 is 55.5 Å². The monoisotopic (exact) mass is 963 g/mol. The van der Waals surface area contributed by atoms with E-state index in [1.54, 1.807) is 24.3 Å². The minimum Gasteiger partial charge on any atom is -0.492 e. The highest BCUT2D eigenvalue weighted by molar-refractivity contribution is 7.90. The number of aromatic amines is 1. The van der Waals surface area contributed by atoms with Gasteiger partial charge in [-0.1, -0.05) is 35.9 Å². The van der Waals surface area contributed by atoms with Gasteiger partial charge in [-0.2, -0.15) is 0 Å². The van der Waals surface area contributed by atoms with Crippen LogP contribution in [0.1, 0.15) is 28.8 Å². The summed E-state index contributed by atoms with van der Waals surface area (Å²) in [6, 6.07) is 30.0. The van der Waals surface area contributed by atoms with E-state index in [4.69, 9.17) is 30.5 Å². The summed E-state index contributed by atoms with van der Waals surface area (Å²) in [4.78, 5) is 35.2. The first-order valence-electron chi connectivity index (χ1n) is 22.9. The molecule has 3 aliphatic rings. The lowest BCUT2D eigenvalue weighted by Gasteiger charge is -2.37. The molecule has 3 saturated heterocycles. The van der Waals surface area contributed by atoms with Crippen LogP contribution in [0.3, 0.4) is 0 Å². The molecule has 18 heteroatoms. The molecule has 68 heavy (non-hydrogen) atoms. The molecular formula is C50H54ClN7O9S. The molecule has 0 atom stereocenters. The van der Waals surface area contributed by atoms with Crippen LogP contribution in [-0.4, -0.2) is 119 Å². The summed E-state index contributed by atoms with van der Waals surface area (Å²) < 4.78 is 53.5. The van der Waals surface area contributed by atoms with E-state index in [0.717, 1.165) is 104 Å². The fraction of sp³-hybridized carbons (Fsp3) is 0.340. The number of nitrogens with one attached hydrogen (secondary N) is 3. The van der Waals surface area contributed by atoms with Crippen LogP contribution in [0, 0.1) is 16.0 Å². The number of anilines is 2. The van der Waals surface area contributed by atoms with Crippen LogP contribution in [0.25, 0.3) is 22.0 Å². The Hall–Kier alpha value is -6.21. The summed E-state index contributed by atoms with van der Waals surface area (Å²) in [5.74, 6) is 0.741. The molecule has 16 nitrogen and oxygen atoms in total. The summed E-state index contributed by atoms with van der Waals surface area (Å²) in [6.07, 6.45) is 3.45. The highest BCUT2D eigenvalue weighted by Crippen LogP contribution is 2.36. The third kappa shape index (κ3) is 11.4. The Balaban J connectivity index is 0.923. The molecular weight excluding hydrogens is 910 g/mol. The van der Waals surface area contributed by atoms with Gasteiger partial charge in [0, 0.05) is 118 Å². The van der Waals surface area contributed by atoms with Crippen LogP contribution < -0.4 is 24.4 Å². The Morgan fingerprint density at radius 3 is 2.40 bits per heavy atom. The molecule has 1 amide bonds. The van der Waals surface area contributed by atoms with E-state index in [9.17, 15) is 23.3 Å². The van der Waals surface area contributed by atoms with Crippen molar-refractivity contribution in [3.05, 3.63) is 136 Å². The first-order valence-corrected chi connectivity index (χ1v) is 24.8. The van der Waals surface area contributed by atoms with Crippen LogP contribution in [0.4, 0.5) is 17.1 Å². The molecule has 0 unspecified atom stereocenters. The third-order valence-electron chi connectivity index (χ3n) is 12.8. The number of morpholine rings is 1. The average molecular weight is 965 g/mol. The number of H-pyrrole nitrogens is 1. The number of halogens is 1. The Bertz CT molecular complexity index is 2840. The van der Waals surface area contributed by atoms with Gasteiger partial charge in [0.1, 0.15) is 29.5 Å². The zero-order valence-corrected chi connectivity index (χ0v) is 39.1. The lowest BCUT2D eigenvalue weighted by atomic mass is 9.98. The highest BCUT2D eigenvalue weighted by Gasteiger charge is 2.28. The van der Waals surface area contributed by atoms with Crippen molar-refractivity contribution in [1.29, 1.82) is 0 Å². The van der Waals surface area contributed by atoms with Crippen molar-refractivity contribution in [1.82, 2.24) is 19.5 Å². The summed E-state index contributed by atoms with van der Waals surface area (Å²) in [6.45, 7) is 9.73. The van der Waals surface area contributed by atoms with E-state index in [0.29, 0.717) is 56.8 Å². The van der Waals surface area contributed by atoms with Gasteiger partial charge in [0.15, 0.2) is 0 Å². The number of hydrogen-bond acceptors (Lipinski definition) is 13. The number of nitrogens with zero attached hydrogens (tertiary/aromatic N) is 4. The third-order valence-corrected chi connectivity index (χ3v) is 14.3. The Labute approximate surface area is 400 Å². The zero-order chi connectivity index (χ0) is 47.0. The maximum atomic E-state index is 14.0. The van der Waals surface area contributed by atoms with Gasteiger partial charge >= 0.3 is 0 Å². The number of ether oxygens (including phenoxy) is 4. The fourth-order valence-electron chi connectivity index (χ4n) is 8.88. The molecule has 0 saturated carbocycles. The van der Waals surface area contributed by atoms with Crippen molar-refractivity contribution in [2.75, 3.05) is 95.6 Å². The Morgan fingerprint density at radius 2 is 1.62 bits per heavy atom. The van der Waals surface area contributed by atoms with Crippen molar-refractivity contribution in [3.8, 4) is 28.4 Å². The smallest absolute Gasteiger partial charge is 0.293 e. The molecule has 3 fully saturated rings. The average Bonchev–Trinajstić information content (AvgIpc) is 3.83. The van der Waals surface area contributed by atoms with E-state index < -0.39 is 31.4 Å². The Kier molecular flexibility index (Phi) is 14.7. The second kappa shape index (κ2) is 21.4. The summed E-state index contributed by atoms with van der Waals surface area (Å²) >= 11 is 6.29. The minimum absolute atomic E-state index is 0.0330. The van der Waals surface area contributed by atoms with E-state index in [1.807, 2.05) is 60.8 Å². The molecule has 1 aromatic heterocycles. The summed E-state index contributed by atoms with van der Waals surface area (Å²) in [7, 11) is -4.57. The number of benzene rings is 5. The van der Waals surface area contributed by atoms with E-state index in [2.05, 4.69) is 35.8 Å². The standard InChI is InChI=1S/C50H54ClN7O9S/c51-38-6-4-36(5-7-38)42-2-1-3-48(66-29-24-55-22-27-65-28-23-55)44(42)34-56-18-20-57(21-19-56)39-8-11-43(49(31-39)67-40-9-12-45-37(30-40)14-17-52-45)50(59)54-68(62,63)41-10-13-46(47(32-41)58(60)61)53-33-35-15-25-64-26-16-35/h1-14,17,30-32,35,52-53H,15-16,18-29,33-34H2,(H,54,59). The van der Waals surface area contributed by atoms with Gasteiger partial charge < -0.3 is 34.1 Å². The number of rotatable bonds is 17. The second-order valence-corrected chi connectivity index (χ2v) is 19.3. The maximum absolute atomic E-state index is 14.0. The van der Waals surface area contributed by atoms with Gasteiger partial charge in [-0.05, 0) is 96.6 Å². The van der Waals surface area contributed by atoms with E-state index >= 15 is 0 Å². The quantitative estimate of drug-likeness (QED) is 0.0589. The molecule has 0 aliphatic carbocycles. The summed E-state index contributed by atoms with van der Waals surface area (Å²) in [5.41, 5.74) is 4.65. The second-order valence-electron chi connectivity index (χ2n) is 17.2. The summed E-state index contributed by atoms with van der Waals surface area (Å²) in [5, 5.41) is 16.8. The largest absolute Gasteiger partial charge is 0.492 e. The van der Waals surface area contributed by atoms with Gasteiger partial charge in [0.05, 0.1) is 28.6 Å². The van der Waals surface area contributed by atoms with Gasteiger partial charge in [0.25, 0.3) is 21.6 Å². The normalized spacial score (nSPS) is 16.4. The molecule has 0 bridgehead atoms. The highest BCUT2D eigenvalue weighted by atomic mass is 35.5. The lowest BCUT2D eigenvalue weighted by molar-refractivity contribution is -0.384. The molecule has 0 spiro atoms. The first-order chi connectivity index (χ1) is 33.1. The fourth-order valence-corrected chi connectivity index (χ4v) is 9.99. The number of hydrogen-bond donors (Lipinski definition) is 3. The lowest BCUT2D eigenvalue weighted by Crippen LogP contribution is -2.46. The maximum Gasteiger partial charge on any atom is 0.293 e. The van der Waals surface area contributed by atoms with Crippen molar-refractivity contribution < 1.29 is 37.1 Å². The minimum atomic E-state index is -4.57. The number of piperazine rings is 1. The number of amides is 1. The van der Waals surface area contributed by atoms with Crippen LogP contribution in [0.2, 0.25) is 5.02 Å². The first kappa shape index (κ1) is 46.9. The SMILES string of the molecule is O=C(NS(=O)(=O)c1ccc(NCC2CCOCC2)c([N+](=O)[O-])c1)c1ccc(N2CCN(Cc3c(OCCN4CCOCC4)cccc3-c3ccc(Cl)cc3)CC2)cc1Oc1ccc2[nH]ccc2c1. The number of aromatic nitrogens is 1. The van der Waals surface area contributed by atoms with Crippen LogP contribution in [-0.2, 0) is 26.0 Å². The Morgan fingerprint density at radius 1 is 0.838 bits per heavy atom. The topological polar surface area (TPSA) is 181 Å². The van der Waals surface area contributed by atoms with Gasteiger partial charge in [-0.3, -0.25) is 24.7 Å². The molecule has 3 aliphatic heterocycles. The molecule has 6 aromatic rings. The zero-order valence-electron chi connectivity index (χ0n) is 37.5. The number of carbonyl (C=O) groups is 1. The van der Waals surface area contributed by atoms with Crippen molar-refractivity contribution in [3.63, 3.8) is 0 Å². The van der Waals surface area contributed by atoms with Gasteiger partial charge in [-0.25, -0.2) is 13.1 Å². The number of sulfonamides is 1. The van der Waals surface area contributed by atoms with Crippen molar-refractivity contribution in [2.24, 2.45) is 5.92 Å². The van der Waals surface area contributed by atoms with Crippen LogP contribution >= 0.6 is 11.6 Å². The number of nitro groups is 1. The van der Waals surface area contributed by atoms with Crippen molar-refractivity contribution in [2.45, 2.75) is 24.3 Å². The number of nitro benzene ring substituents is 1. The molecule has 5 aromatic carbocycles. The van der Waals surface area contributed by atoms with Crippen LogP contribution in [0.15, 0.2) is 114 Å².